The van der Waals surface area contributed by atoms with E-state index in [0.717, 1.165) is 16.5 Å². The molecule has 1 aliphatic rings. The number of carbonyl (C=O) groups excluding carboxylic acids is 1. The summed E-state index contributed by atoms with van der Waals surface area (Å²) >= 11 is 5.98. The lowest BCUT2D eigenvalue weighted by Gasteiger charge is -2.26. The normalized spacial score (nSPS) is 18.3. The third kappa shape index (κ3) is 8.08. The fraction of sp³-hybridized carbons (Fsp3) is 0.333. The van der Waals surface area contributed by atoms with Gasteiger partial charge in [-0.05, 0) is 37.5 Å². The molecule has 1 amide bonds. The number of nitrogens with one attached hydrogen (secondary N) is 1. The second-order valence-electron chi connectivity index (χ2n) is 9.35. The van der Waals surface area contributed by atoms with Crippen LogP contribution in [0.4, 0.5) is 5.69 Å². The summed E-state index contributed by atoms with van der Waals surface area (Å²) in [5.41, 5.74) is 0.583. The first-order valence-corrected chi connectivity index (χ1v) is 15.5. The van der Waals surface area contributed by atoms with Gasteiger partial charge in [-0.25, -0.2) is 31.9 Å². The first kappa shape index (κ1) is 32.1. The average Bonchev–Trinajstić information content (AvgIpc) is 3.29. The highest BCUT2D eigenvalue weighted by molar-refractivity contribution is 7.90. The van der Waals surface area contributed by atoms with Crippen molar-refractivity contribution in [1.29, 1.82) is 0 Å². The molecule has 222 valence electrons. The molecule has 1 heterocycles. The van der Waals surface area contributed by atoms with Gasteiger partial charge in [0, 0.05) is 12.1 Å². The lowest BCUT2D eigenvalue weighted by Crippen LogP contribution is -2.53. The quantitative estimate of drug-likeness (QED) is 0.230. The Hall–Kier alpha value is -3.41. The molecule has 1 aliphatic heterocycles. The van der Waals surface area contributed by atoms with Gasteiger partial charge < -0.3 is 15.1 Å². The number of aliphatic imine (C=N–C) groups is 1. The summed E-state index contributed by atoms with van der Waals surface area (Å²) in [7, 11) is -8.97. The molecule has 1 unspecified atom stereocenters. The summed E-state index contributed by atoms with van der Waals surface area (Å²) < 4.78 is 47.9. The van der Waals surface area contributed by atoms with E-state index in [-0.39, 0.29) is 30.8 Å². The lowest BCUT2D eigenvalue weighted by molar-refractivity contribution is -0.149. The number of aryl methyl sites for hydroxylation is 1. The highest BCUT2D eigenvalue weighted by Gasteiger charge is 2.40. The predicted molar refractivity (Wildman–Crippen MR) is 148 cm³/mol. The Morgan fingerprint density at radius 3 is 2.22 bits per heavy atom. The third-order valence-corrected chi connectivity index (χ3v) is 8.63. The number of carboxylic acid groups (broad SMARTS) is 2. The van der Waals surface area contributed by atoms with Crippen molar-refractivity contribution in [3.8, 4) is 0 Å². The van der Waals surface area contributed by atoms with E-state index >= 15 is 0 Å². The number of likely N-dealkylation sites (tertiary alicyclic amines) is 1. The Kier molecular flexibility index (Phi) is 9.89. The smallest absolute Gasteiger partial charge is 0.326 e. The number of benzene rings is 2. The molecule has 0 aliphatic carbocycles. The Balaban J connectivity index is 1.86. The fourth-order valence-corrected chi connectivity index (χ4v) is 6.17. The van der Waals surface area contributed by atoms with Crippen LogP contribution >= 0.6 is 11.6 Å². The molecule has 3 atom stereocenters. The van der Waals surface area contributed by atoms with E-state index < -0.39 is 70.8 Å². The number of amides is 1. The molecule has 0 bridgehead atoms. The molecular formula is C24H28ClN5O9S2. The largest absolute Gasteiger partial charge is 0.480 e. The van der Waals surface area contributed by atoms with Crippen LogP contribution in [0.15, 0.2) is 57.2 Å². The zero-order valence-electron chi connectivity index (χ0n) is 21.6. The van der Waals surface area contributed by atoms with E-state index in [4.69, 9.17) is 21.9 Å². The number of sulfonamides is 2. The van der Waals surface area contributed by atoms with Crippen LogP contribution in [-0.4, -0.2) is 80.2 Å². The number of hydrogen-bond acceptors (Lipinski definition) is 9. The van der Waals surface area contributed by atoms with Gasteiger partial charge in [0.2, 0.25) is 26.0 Å². The van der Waals surface area contributed by atoms with Gasteiger partial charge in [0.15, 0.2) is 0 Å². The van der Waals surface area contributed by atoms with Crippen molar-refractivity contribution < 1.29 is 41.4 Å². The van der Waals surface area contributed by atoms with Gasteiger partial charge in [0.05, 0.1) is 23.3 Å². The lowest BCUT2D eigenvalue weighted by atomic mass is 10.0. The average molecular weight is 630 g/mol. The topological polar surface area (TPSA) is 240 Å². The molecule has 17 heteroatoms. The van der Waals surface area contributed by atoms with Crippen LogP contribution in [0.2, 0.25) is 5.02 Å². The zero-order valence-corrected chi connectivity index (χ0v) is 24.0. The second-order valence-corrected chi connectivity index (χ2v) is 12.8. The Bertz CT molecular complexity index is 1600. The maximum atomic E-state index is 13.3. The van der Waals surface area contributed by atoms with Gasteiger partial charge in [-0.3, -0.25) is 19.9 Å². The van der Waals surface area contributed by atoms with Crippen LogP contribution in [0.1, 0.15) is 25.3 Å². The Morgan fingerprint density at radius 2 is 1.68 bits per heavy atom. The SMILES string of the molecule is C[C@H](N[C@@H](CCc1ccccc1)C(=O)O)C(=O)N1CC(=Nc2cc(Cl)c(S(N)(=O)=O)cc2S(N)(=O)=O)CC1C(=O)O. The van der Waals surface area contributed by atoms with E-state index in [1.807, 2.05) is 30.3 Å². The van der Waals surface area contributed by atoms with Gasteiger partial charge in [-0.2, -0.15) is 0 Å². The van der Waals surface area contributed by atoms with Crippen molar-refractivity contribution in [2.75, 3.05) is 6.54 Å². The van der Waals surface area contributed by atoms with Crippen molar-refractivity contribution in [1.82, 2.24) is 10.2 Å². The van der Waals surface area contributed by atoms with Crippen LogP contribution in [0.5, 0.6) is 0 Å². The fourth-order valence-electron chi connectivity index (χ4n) is 4.32. The number of aliphatic carboxylic acids is 2. The standard InChI is InChI=1S/C24H28ClN5O9S2/c1-13(28-17(23(32)33)8-7-14-5-3-2-4-6-14)22(31)30-12-15(9-19(30)24(34)35)29-18-10-16(25)20(40(26,36)37)11-21(18)41(27,38)39/h2-6,10-11,13,17,19,28H,7-9,12H2,1H3,(H,32,33)(H,34,35)(H2,26,36,37)(H2,27,38,39)/t13-,17-,19?/m0/s1. The summed E-state index contributed by atoms with van der Waals surface area (Å²) in [5.74, 6) is -3.28. The van der Waals surface area contributed by atoms with E-state index in [1.165, 1.54) is 6.92 Å². The third-order valence-electron chi connectivity index (χ3n) is 6.32. The van der Waals surface area contributed by atoms with Gasteiger partial charge >= 0.3 is 11.9 Å². The Labute approximate surface area is 241 Å². The summed E-state index contributed by atoms with van der Waals surface area (Å²) in [6.07, 6.45) is 0.281. The number of nitrogens with two attached hydrogens (primary N) is 2. The van der Waals surface area contributed by atoms with Crippen molar-refractivity contribution >= 4 is 60.9 Å². The van der Waals surface area contributed by atoms with Crippen LogP contribution in [0.25, 0.3) is 0 Å². The summed E-state index contributed by atoms with van der Waals surface area (Å²) in [6.45, 7) is 1.06. The summed E-state index contributed by atoms with van der Waals surface area (Å²) in [4.78, 5) is 40.8. The monoisotopic (exact) mass is 629 g/mol. The molecule has 7 N–H and O–H groups in total. The zero-order chi connectivity index (χ0) is 30.7. The molecule has 2 aromatic carbocycles. The number of primary sulfonamides is 2. The van der Waals surface area contributed by atoms with E-state index in [1.54, 1.807) is 0 Å². The molecule has 2 aromatic rings. The van der Waals surface area contributed by atoms with Crippen molar-refractivity contribution in [2.45, 2.75) is 54.1 Å². The van der Waals surface area contributed by atoms with Crippen molar-refractivity contribution in [3.05, 3.63) is 53.1 Å². The van der Waals surface area contributed by atoms with Crippen LogP contribution in [0, 0.1) is 0 Å². The number of hydrogen-bond donors (Lipinski definition) is 5. The molecule has 14 nitrogen and oxygen atoms in total. The molecule has 0 spiro atoms. The first-order valence-electron chi connectivity index (χ1n) is 12.0. The van der Waals surface area contributed by atoms with E-state index in [9.17, 15) is 41.4 Å². The maximum absolute atomic E-state index is 13.3. The Morgan fingerprint density at radius 1 is 1.07 bits per heavy atom. The molecule has 0 saturated carbocycles. The number of nitrogens with zero attached hydrogens (tertiary/aromatic N) is 2. The maximum Gasteiger partial charge on any atom is 0.326 e. The van der Waals surface area contributed by atoms with Crippen LogP contribution in [0.3, 0.4) is 0 Å². The summed E-state index contributed by atoms with van der Waals surface area (Å²) in [5, 5.41) is 32.0. The van der Waals surface area contributed by atoms with Crippen LogP contribution in [-0.2, 0) is 40.9 Å². The van der Waals surface area contributed by atoms with Gasteiger partial charge in [0.25, 0.3) is 0 Å². The van der Waals surface area contributed by atoms with Crippen molar-refractivity contribution in [2.24, 2.45) is 15.3 Å². The molecule has 1 saturated heterocycles. The van der Waals surface area contributed by atoms with E-state index in [0.29, 0.717) is 12.5 Å². The number of carbonyl (C=O) groups is 3. The minimum absolute atomic E-state index is 0.0566. The van der Waals surface area contributed by atoms with Gasteiger partial charge in [0.1, 0.15) is 21.9 Å². The highest BCUT2D eigenvalue weighted by Crippen LogP contribution is 2.33. The van der Waals surface area contributed by atoms with Crippen LogP contribution < -0.4 is 15.6 Å². The number of halogens is 1. The van der Waals surface area contributed by atoms with Gasteiger partial charge in [-0.15, -0.1) is 0 Å². The predicted octanol–water partition coefficient (Wildman–Crippen LogP) is 0.457. The van der Waals surface area contributed by atoms with Gasteiger partial charge in [-0.1, -0.05) is 41.9 Å². The summed E-state index contributed by atoms with van der Waals surface area (Å²) in [6, 6.07) is 7.09. The number of rotatable bonds is 11. The molecule has 0 radical (unpaired) electrons. The first-order chi connectivity index (χ1) is 19.0. The van der Waals surface area contributed by atoms with Crippen molar-refractivity contribution in [3.63, 3.8) is 0 Å². The van der Waals surface area contributed by atoms with E-state index in [2.05, 4.69) is 10.3 Å². The molecule has 0 aromatic heterocycles. The molecule has 3 rings (SSSR count). The second kappa shape index (κ2) is 12.6. The molecule has 1 fully saturated rings. The minimum atomic E-state index is -4.54. The highest BCUT2D eigenvalue weighted by atomic mass is 35.5. The minimum Gasteiger partial charge on any atom is -0.480 e. The number of carboxylic acids is 2. The molecular weight excluding hydrogens is 602 g/mol. The molecule has 41 heavy (non-hydrogen) atoms.